The summed E-state index contributed by atoms with van der Waals surface area (Å²) in [6.45, 7) is 3.81. The Bertz CT molecular complexity index is 817. The van der Waals surface area contributed by atoms with Crippen molar-refractivity contribution in [3.8, 4) is 0 Å². The van der Waals surface area contributed by atoms with Crippen LogP contribution in [0.5, 0.6) is 0 Å². The second kappa shape index (κ2) is 15.3. The molecular formula is C23H42N8O6S. The van der Waals surface area contributed by atoms with E-state index in [1.165, 1.54) is 4.90 Å². The third kappa shape index (κ3) is 10.4. The van der Waals surface area contributed by atoms with Crippen molar-refractivity contribution in [3.05, 3.63) is 0 Å². The number of unbranched alkanes of at least 4 members (excludes halogenated alkanes) is 1. The number of nitrogens with one attached hydrogen (secondary N) is 6. The SMILES string of the molecule is CC1(CCC(=O)N(CCOCCOC(=O)NCCCCC2SCC3NC(=O)NC32)CC(=O)NCCN)NN1. The van der Waals surface area contributed by atoms with Crippen LogP contribution in [0.15, 0.2) is 0 Å². The summed E-state index contributed by atoms with van der Waals surface area (Å²) in [6.07, 6.45) is 3.16. The lowest BCUT2D eigenvalue weighted by Gasteiger charge is -2.22. The number of hydrogen-bond acceptors (Lipinski definition) is 10. The van der Waals surface area contributed by atoms with Crippen molar-refractivity contribution in [1.29, 1.82) is 0 Å². The molecule has 0 bridgehead atoms. The van der Waals surface area contributed by atoms with E-state index in [2.05, 4.69) is 32.1 Å². The number of carbonyl (C=O) groups is 4. The predicted molar refractivity (Wildman–Crippen MR) is 142 cm³/mol. The van der Waals surface area contributed by atoms with Crippen molar-refractivity contribution in [2.45, 2.75) is 62.0 Å². The second-order valence-corrected chi connectivity index (χ2v) is 11.1. The molecule has 3 atom stereocenters. The van der Waals surface area contributed by atoms with E-state index in [0.29, 0.717) is 31.3 Å². The van der Waals surface area contributed by atoms with Crippen molar-refractivity contribution in [2.75, 3.05) is 58.3 Å². The highest BCUT2D eigenvalue weighted by atomic mass is 32.2. The molecule has 0 aromatic carbocycles. The topological polar surface area (TPSA) is 208 Å². The van der Waals surface area contributed by atoms with Crippen molar-refractivity contribution < 1.29 is 28.7 Å². The summed E-state index contributed by atoms with van der Waals surface area (Å²) >= 11 is 1.88. The van der Waals surface area contributed by atoms with Gasteiger partial charge in [0.2, 0.25) is 11.8 Å². The standard InChI is InChI=1S/C23H42N8O6S/c1-23(29-30-23)6-5-19(33)31(14-18(32)25-9-7-24)10-11-36-12-13-37-22(35)26-8-3-2-4-17-20-16(15-38-17)27-21(34)28-20/h16-17,20,29-30H,2-15,24H2,1H3,(H,25,32)(H,26,35)(H2,27,28,34). The highest BCUT2D eigenvalue weighted by Crippen LogP contribution is 2.32. The number of hydrogen-bond donors (Lipinski definition) is 7. The Morgan fingerprint density at radius 1 is 1.13 bits per heavy atom. The highest BCUT2D eigenvalue weighted by Gasteiger charge is 2.42. The van der Waals surface area contributed by atoms with Gasteiger partial charge in [-0.1, -0.05) is 6.42 Å². The molecule has 5 amide bonds. The quantitative estimate of drug-likeness (QED) is 0.0593. The summed E-state index contributed by atoms with van der Waals surface area (Å²) in [5.41, 5.74) is 11.2. The Kier molecular flexibility index (Phi) is 12.2. The summed E-state index contributed by atoms with van der Waals surface area (Å²) in [7, 11) is 0. The third-order valence-electron chi connectivity index (χ3n) is 6.63. The van der Waals surface area contributed by atoms with Crippen LogP contribution in [0, 0.1) is 0 Å². The Balaban J connectivity index is 1.21. The van der Waals surface area contributed by atoms with Gasteiger partial charge in [0.15, 0.2) is 0 Å². The van der Waals surface area contributed by atoms with Crippen LogP contribution in [-0.2, 0) is 19.1 Å². The normalized spacial score (nSPS) is 22.7. The van der Waals surface area contributed by atoms with Gasteiger partial charge >= 0.3 is 12.1 Å². The zero-order valence-corrected chi connectivity index (χ0v) is 22.8. The molecule has 3 unspecified atom stereocenters. The van der Waals surface area contributed by atoms with E-state index in [1.54, 1.807) is 0 Å². The number of ether oxygens (including phenoxy) is 2. The zero-order chi connectivity index (χ0) is 27.4. The van der Waals surface area contributed by atoms with Gasteiger partial charge < -0.3 is 41.4 Å². The van der Waals surface area contributed by atoms with Crippen LogP contribution in [0.4, 0.5) is 9.59 Å². The van der Waals surface area contributed by atoms with E-state index in [1.807, 2.05) is 18.7 Å². The Labute approximate surface area is 227 Å². The van der Waals surface area contributed by atoms with Crippen LogP contribution in [0.2, 0.25) is 0 Å². The van der Waals surface area contributed by atoms with Gasteiger partial charge in [0.25, 0.3) is 0 Å². The monoisotopic (exact) mass is 558 g/mol. The molecule has 3 saturated heterocycles. The fourth-order valence-electron chi connectivity index (χ4n) is 4.30. The van der Waals surface area contributed by atoms with Gasteiger partial charge in [-0.25, -0.2) is 20.4 Å². The molecule has 3 aliphatic rings. The van der Waals surface area contributed by atoms with Crippen LogP contribution in [0.1, 0.15) is 39.0 Å². The Morgan fingerprint density at radius 2 is 1.95 bits per heavy atom. The van der Waals surface area contributed by atoms with Gasteiger partial charge in [0.1, 0.15) is 6.61 Å². The van der Waals surface area contributed by atoms with Crippen LogP contribution >= 0.6 is 11.8 Å². The molecule has 0 aromatic rings. The molecule has 0 radical (unpaired) electrons. The van der Waals surface area contributed by atoms with Crippen LogP contribution < -0.4 is 37.9 Å². The number of amides is 5. The maximum atomic E-state index is 12.6. The van der Waals surface area contributed by atoms with Gasteiger partial charge in [-0.2, -0.15) is 11.8 Å². The molecule has 0 saturated carbocycles. The molecule has 38 heavy (non-hydrogen) atoms. The van der Waals surface area contributed by atoms with Gasteiger partial charge in [-0.15, -0.1) is 0 Å². The number of urea groups is 1. The van der Waals surface area contributed by atoms with Gasteiger partial charge in [-0.3, -0.25) is 9.59 Å². The number of fused-ring (bicyclic) bond motifs is 1. The molecule has 0 spiro atoms. The van der Waals surface area contributed by atoms with Crippen LogP contribution in [0.25, 0.3) is 0 Å². The first-order chi connectivity index (χ1) is 18.3. The van der Waals surface area contributed by atoms with E-state index in [4.69, 9.17) is 15.2 Å². The number of nitrogens with zero attached hydrogens (tertiary/aromatic N) is 1. The number of hydrazine groups is 1. The average Bonchev–Trinajstić information content (AvgIpc) is 3.35. The molecule has 8 N–H and O–H groups in total. The summed E-state index contributed by atoms with van der Waals surface area (Å²) in [4.78, 5) is 49.5. The lowest BCUT2D eigenvalue weighted by atomic mass is 10.0. The fraction of sp³-hybridized carbons (Fsp3) is 0.826. The maximum Gasteiger partial charge on any atom is 0.407 e. The largest absolute Gasteiger partial charge is 0.447 e. The minimum atomic E-state index is -0.500. The number of alkyl carbamates (subject to hydrolysis) is 1. The molecule has 0 aliphatic carbocycles. The average molecular weight is 559 g/mol. The van der Waals surface area contributed by atoms with Crippen LogP contribution in [0.3, 0.4) is 0 Å². The first-order valence-electron chi connectivity index (χ1n) is 13.3. The number of rotatable bonds is 18. The number of thioether (sulfide) groups is 1. The summed E-state index contributed by atoms with van der Waals surface area (Å²) in [6, 6.07) is 0.345. The molecule has 14 nitrogen and oxygen atoms in total. The summed E-state index contributed by atoms with van der Waals surface area (Å²) < 4.78 is 10.6. The van der Waals surface area contributed by atoms with E-state index in [-0.39, 0.29) is 74.9 Å². The van der Waals surface area contributed by atoms with Crippen LogP contribution in [-0.4, -0.2) is 110 Å². The van der Waals surface area contributed by atoms with E-state index in [9.17, 15) is 19.2 Å². The van der Waals surface area contributed by atoms with E-state index in [0.717, 1.165) is 25.0 Å². The predicted octanol–water partition coefficient (Wildman–Crippen LogP) is -1.43. The number of nitrogens with two attached hydrogens (primary N) is 1. The Morgan fingerprint density at radius 3 is 2.71 bits per heavy atom. The first kappa shape index (κ1) is 30.2. The maximum absolute atomic E-state index is 12.6. The molecule has 216 valence electrons. The minimum Gasteiger partial charge on any atom is -0.447 e. The summed E-state index contributed by atoms with van der Waals surface area (Å²) in [5, 5.41) is 11.7. The van der Waals surface area contributed by atoms with Gasteiger partial charge in [0.05, 0.1) is 37.5 Å². The molecule has 0 aromatic heterocycles. The zero-order valence-electron chi connectivity index (χ0n) is 22.0. The van der Waals surface area contributed by atoms with E-state index < -0.39 is 6.09 Å². The molecule has 3 aliphatic heterocycles. The minimum absolute atomic E-state index is 0.0646. The van der Waals surface area contributed by atoms with E-state index >= 15 is 0 Å². The highest BCUT2D eigenvalue weighted by molar-refractivity contribution is 8.00. The lowest BCUT2D eigenvalue weighted by molar-refractivity contribution is -0.137. The van der Waals surface area contributed by atoms with Crippen molar-refractivity contribution in [2.24, 2.45) is 5.73 Å². The smallest absolute Gasteiger partial charge is 0.407 e. The molecule has 3 rings (SSSR count). The number of carbonyl (C=O) groups excluding carboxylic acids is 4. The molecule has 15 heteroatoms. The molecule has 3 fully saturated rings. The molecular weight excluding hydrogens is 516 g/mol. The van der Waals surface area contributed by atoms with Gasteiger partial charge in [0, 0.05) is 43.6 Å². The lowest BCUT2D eigenvalue weighted by Crippen LogP contribution is -2.43. The van der Waals surface area contributed by atoms with Crippen molar-refractivity contribution in [1.82, 2.24) is 37.0 Å². The molecule has 3 heterocycles. The summed E-state index contributed by atoms with van der Waals surface area (Å²) in [5.74, 6) is 0.528. The second-order valence-electron chi connectivity index (χ2n) is 9.83. The van der Waals surface area contributed by atoms with Crippen molar-refractivity contribution in [3.63, 3.8) is 0 Å². The van der Waals surface area contributed by atoms with Gasteiger partial charge in [-0.05, 0) is 26.2 Å². The fourth-order valence-corrected chi connectivity index (χ4v) is 5.85. The Hall–Kier alpha value is -2.33. The third-order valence-corrected chi connectivity index (χ3v) is 8.14. The first-order valence-corrected chi connectivity index (χ1v) is 14.3. The van der Waals surface area contributed by atoms with Crippen molar-refractivity contribution >= 4 is 35.7 Å².